The number of likely N-dealkylation sites (N-methyl/N-ethyl adjacent to an activating group) is 1. The lowest BCUT2D eigenvalue weighted by molar-refractivity contribution is -0.129. The van der Waals surface area contributed by atoms with Crippen LogP contribution >= 0.6 is 11.6 Å². The van der Waals surface area contributed by atoms with Crippen LogP contribution in [0.5, 0.6) is 5.75 Å². The first-order valence-corrected chi connectivity index (χ1v) is 6.38. The lowest BCUT2D eigenvalue weighted by Crippen LogP contribution is -2.38. The zero-order chi connectivity index (χ0) is 14.0. The smallest absolute Gasteiger partial charge is 0.254 e. The van der Waals surface area contributed by atoms with E-state index in [2.05, 4.69) is 0 Å². The third-order valence-corrected chi connectivity index (χ3v) is 3.46. The Balaban J connectivity index is 2.18. The normalized spacial score (nSPS) is 16.4. The first-order valence-electron chi connectivity index (χ1n) is 6.01. The molecular formula is C13H15ClN2O3. The highest BCUT2D eigenvalue weighted by molar-refractivity contribution is 6.32. The third kappa shape index (κ3) is 2.98. The molecule has 0 atom stereocenters. The first kappa shape index (κ1) is 13.7. The van der Waals surface area contributed by atoms with Crippen LogP contribution in [0.25, 0.3) is 0 Å². The van der Waals surface area contributed by atoms with E-state index in [-0.39, 0.29) is 29.1 Å². The molecule has 0 aromatic heterocycles. The van der Waals surface area contributed by atoms with E-state index in [0.29, 0.717) is 18.7 Å². The SMILES string of the molecule is CN1CCCN(C(=O)c2ccc(O)c(Cl)c2)CC1=O. The molecule has 0 saturated carbocycles. The number of halogens is 1. The first-order chi connectivity index (χ1) is 8.99. The van der Waals surface area contributed by atoms with Crippen molar-refractivity contribution in [3.05, 3.63) is 28.8 Å². The minimum atomic E-state index is -0.245. The molecule has 1 fully saturated rings. The maximum absolute atomic E-state index is 12.3. The van der Waals surface area contributed by atoms with Gasteiger partial charge in [0.05, 0.1) is 5.02 Å². The average molecular weight is 283 g/mol. The largest absolute Gasteiger partial charge is 0.506 e. The van der Waals surface area contributed by atoms with Gasteiger partial charge >= 0.3 is 0 Å². The molecule has 5 nitrogen and oxygen atoms in total. The number of hydrogen-bond acceptors (Lipinski definition) is 3. The molecule has 0 radical (unpaired) electrons. The van der Waals surface area contributed by atoms with Crippen LogP contribution in [0.3, 0.4) is 0 Å². The maximum Gasteiger partial charge on any atom is 0.254 e. The monoisotopic (exact) mass is 282 g/mol. The van der Waals surface area contributed by atoms with Gasteiger partial charge in [-0.05, 0) is 24.6 Å². The molecule has 1 saturated heterocycles. The topological polar surface area (TPSA) is 60.9 Å². The Hall–Kier alpha value is -1.75. The molecule has 1 aliphatic heterocycles. The number of phenolic OH excluding ortho intramolecular Hbond substituents is 1. The third-order valence-electron chi connectivity index (χ3n) is 3.16. The van der Waals surface area contributed by atoms with E-state index in [1.165, 1.54) is 23.1 Å². The Morgan fingerprint density at radius 2 is 2.11 bits per heavy atom. The molecule has 0 spiro atoms. The van der Waals surface area contributed by atoms with Gasteiger partial charge in [-0.15, -0.1) is 0 Å². The van der Waals surface area contributed by atoms with E-state index in [1.54, 1.807) is 11.9 Å². The summed E-state index contributed by atoms with van der Waals surface area (Å²) in [6, 6.07) is 4.29. The zero-order valence-corrected chi connectivity index (χ0v) is 11.4. The van der Waals surface area contributed by atoms with Gasteiger partial charge in [0.2, 0.25) is 5.91 Å². The predicted octanol–water partition coefficient (Wildman–Crippen LogP) is 1.35. The Kier molecular flexibility index (Phi) is 3.95. The Morgan fingerprint density at radius 3 is 2.79 bits per heavy atom. The summed E-state index contributed by atoms with van der Waals surface area (Å²) < 4.78 is 0. The molecule has 0 unspecified atom stereocenters. The number of amides is 2. The lowest BCUT2D eigenvalue weighted by Gasteiger charge is -2.20. The number of phenols is 1. The molecular weight excluding hydrogens is 268 g/mol. The highest BCUT2D eigenvalue weighted by Crippen LogP contribution is 2.24. The molecule has 19 heavy (non-hydrogen) atoms. The Morgan fingerprint density at radius 1 is 1.37 bits per heavy atom. The van der Waals surface area contributed by atoms with E-state index in [9.17, 15) is 14.7 Å². The second-order valence-corrected chi connectivity index (χ2v) is 4.97. The van der Waals surface area contributed by atoms with Gasteiger partial charge in [0.25, 0.3) is 5.91 Å². The van der Waals surface area contributed by atoms with Crippen molar-refractivity contribution in [2.45, 2.75) is 6.42 Å². The van der Waals surface area contributed by atoms with Gasteiger partial charge in [0.1, 0.15) is 12.3 Å². The number of hydrogen-bond donors (Lipinski definition) is 1. The molecule has 2 amide bonds. The molecule has 1 aliphatic rings. The molecule has 1 N–H and O–H groups in total. The zero-order valence-electron chi connectivity index (χ0n) is 10.6. The predicted molar refractivity (Wildman–Crippen MR) is 71.3 cm³/mol. The summed E-state index contributed by atoms with van der Waals surface area (Å²) in [7, 11) is 1.73. The molecule has 2 rings (SSSR count). The second-order valence-electron chi connectivity index (χ2n) is 4.56. The highest BCUT2D eigenvalue weighted by atomic mass is 35.5. The summed E-state index contributed by atoms with van der Waals surface area (Å²) in [6.45, 7) is 1.26. The second kappa shape index (κ2) is 5.48. The molecule has 102 valence electrons. The van der Waals surface area contributed by atoms with Gasteiger partial charge < -0.3 is 14.9 Å². The molecule has 1 aromatic rings. The van der Waals surface area contributed by atoms with Crippen LogP contribution in [0.2, 0.25) is 5.02 Å². The van der Waals surface area contributed by atoms with Crippen molar-refractivity contribution in [3.8, 4) is 5.75 Å². The van der Waals surface area contributed by atoms with Crippen molar-refractivity contribution in [1.82, 2.24) is 9.80 Å². The lowest BCUT2D eigenvalue weighted by atomic mass is 10.2. The molecule has 0 aliphatic carbocycles. The van der Waals surface area contributed by atoms with E-state index in [1.807, 2.05) is 0 Å². The summed E-state index contributed by atoms with van der Waals surface area (Å²) in [6.07, 6.45) is 0.750. The van der Waals surface area contributed by atoms with Crippen molar-refractivity contribution in [2.75, 3.05) is 26.7 Å². The summed E-state index contributed by atoms with van der Waals surface area (Å²) in [5.41, 5.74) is 0.375. The quantitative estimate of drug-likeness (QED) is 0.846. The summed E-state index contributed by atoms with van der Waals surface area (Å²) in [5.74, 6) is -0.383. The summed E-state index contributed by atoms with van der Waals surface area (Å²) >= 11 is 5.78. The molecule has 1 heterocycles. The van der Waals surface area contributed by atoms with E-state index in [4.69, 9.17) is 11.6 Å². The van der Waals surface area contributed by atoms with Crippen LogP contribution in [-0.2, 0) is 4.79 Å². The number of rotatable bonds is 1. The molecule has 0 bridgehead atoms. The van der Waals surface area contributed by atoms with E-state index >= 15 is 0 Å². The molecule has 1 aromatic carbocycles. The highest BCUT2D eigenvalue weighted by Gasteiger charge is 2.24. The van der Waals surface area contributed by atoms with Crippen LogP contribution in [0, 0.1) is 0 Å². The molecule has 6 heteroatoms. The number of carbonyl (C=O) groups is 2. The van der Waals surface area contributed by atoms with Gasteiger partial charge in [-0.2, -0.15) is 0 Å². The van der Waals surface area contributed by atoms with Crippen molar-refractivity contribution in [2.24, 2.45) is 0 Å². The van der Waals surface area contributed by atoms with Crippen molar-refractivity contribution < 1.29 is 14.7 Å². The van der Waals surface area contributed by atoms with Crippen LogP contribution < -0.4 is 0 Å². The summed E-state index contributed by atoms with van der Waals surface area (Å²) in [4.78, 5) is 27.2. The van der Waals surface area contributed by atoms with Crippen molar-refractivity contribution >= 4 is 23.4 Å². The summed E-state index contributed by atoms with van der Waals surface area (Å²) in [5, 5.41) is 9.47. The minimum absolute atomic E-state index is 0.0649. The van der Waals surface area contributed by atoms with Crippen LogP contribution in [-0.4, -0.2) is 53.4 Å². The van der Waals surface area contributed by atoms with Crippen molar-refractivity contribution in [3.63, 3.8) is 0 Å². The van der Waals surface area contributed by atoms with Gasteiger partial charge in [0, 0.05) is 25.7 Å². The van der Waals surface area contributed by atoms with E-state index in [0.717, 1.165) is 6.42 Å². The fourth-order valence-corrected chi connectivity index (χ4v) is 2.16. The van der Waals surface area contributed by atoms with Gasteiger partial charge in [-0.1, -0.05) is 11.6 Å². The van der Waals surface area contributed by atoms with Gasteiger partial charge in [-0.3, -0.25) is 9.59 Å². The fraction of sp³-hybridized carbons (Fsp3) is 0.385. The Labute approximate surface area is 116 Å². The van der Waals surface area contributed by atoms with Gasteiger partial charge in [-0.25, -0.2) is 0 Å². The van der Waals surface area contributed by atoms with Crippen LogP contribution in [0.4, 0.5) is 0 Å². The standard InChI is InChI=1S/C13H15ClN2O3/c1-15-5-2-6-16(8-12(15)18)13(19)9-3-4-11(17)10(14)7-9/h3-4,7,17H,2,5-6,8H2,1H3. The average Bonchev–Trinajstić information content (AvgIpc) is 2.55. The maximum atomic E-state index is 12.3. The number of nitrogens with zero attached hydrogens (tertiary/aromatic N) is 2. The fourth-order valence-electron chi connectivity index (χ4n) is 1.98. The minimum Gasteiger partial charge on any atom is -0.506 e. The van der Waals surface area contributed by atoms with Crippen LogP contribution in [0.1, 0.15) is 16.8 Å². The number of benzene rings is 1. The Bertz CT molecular complexity index is 519. The van der Waals surface area contributed by atoms with Crippen molar-refractivity contribution in [1.29, 1.82) is 0 Å². The van der Waals surface area contributed by atoms with E-state index < -0.39 is 0 Å². The van der Waals surface area contributed by atoms with Crippen LogP contribution in [0.15, 0.2) is 18.2 Å². The number of aromatic hydroxyl groups is 1. The number of carbonyl (C=O) groups excluding carboxylic acids is 2. The van der Waals surface area contributed by atoms with Gasteiger partial charge in [0.15, 0.2) is 0 Å².